The number of hydrogen-bond acceptors (Lipinski definition) is 3. The first-order valence-electron chi connectivity index (χ1n) is 5.22. The molecule has 90 valence electrons. The highest BCUT2D eigenvalue weighted by Crippen LogP contribution is 2.19. The Bertz CT molecular complexity index is 487. The van der Waals surface area contributed by atoms with E-state index in [-0.39, 0.29) is 16.9 Å². The third kappa shape index (κ3) is 3.25. The molecular formula is C12H12ClFN2S. The van der Waals surface area contributed by atoms with E-state index in [1.165, 1.54) is 6.07 Å². The minimum atomic E-state index is -0.367. The average Bonchev–Trinajstić information content (AvgIpc) is 2.77. The zero-order chi connectivity index (χ0) is 12.3. The Labute approximate surface area is 108 Å². The van der Waals surface area contributed by atoms with Gasteiger partial charge in [0.15, 0.2) is 0 Å². The molecule has 0 aliphatic carbocycles. The molecule has 0 saturated heterocycles. The summed E-state index contributed by atoms with van der Waals surface area (Å²) in [7, 11) is 0. The fourth-order valence-corrected chi connectivity index (χ4v) is 2.55. The van der Waals surface area contributed by atoms with Crippen LogP contribution in [0.1, 0.15) is 10.4 Å². The molecule has 17 heavy (non-hydrogen) atoms. The summed E-state index contributed by atoms with van der Waals surface area (Å²) in [5.41, 5.74) is 8.32. The number of nitrogens with two attached hydrogens (primary N) is 1. The topological polar surface area (TPSA) is 38.9 Å². The average molecular weight is 271 g/mol. The van der Waals surface area contributed by atoms with Gasteiger partial charge in [0.05, 0.1) is 10.5 Å². The monoisotopic (exact) mass is 270 g/mol. The molecule has 0 aliphatic rings. The van der Waals surface area contributed by atoms with E-state index in [1.54, 1.807) is 35.2 Å². The van der Waals surface area contributed by atoms with Crippen molar-refractivity contribution < 1.29 is 4.39 Å². The van der Waals surface area contributed by atoms with Gasteiger partial charge in [0.2, 0.25) is 0 Å². The van der Waals surface area contributed by atoms with Crippen LogP contribution < -0.4 is 5.73 Å². The van der Waals surface area contributed by atoms with Gasteiger partial charge in [-0.05, 0) is 24.5 Å². The quantitative estimate of drug-likeness (QED) is 0.927. The van der Waals surface area contributed by atoms with E-state index in [0.29, 0.717) is 18.4 Å². The summed E-state index contributed by atoms with van der Waals surface area (Å²) in [4.78, 5) is 5.09. The fraction of sp³-hybridized carbons (Fsp3) is 0.250. The van der Waals surface area contributed by atoms with Gasteiger partial charge in [0, 0.05) is 17.1 Å². The Hall–Kier alpha value is -0.970. The molecule has 1 aromatic carbocycles. The Morgan fingerprint density at radius 2 is 2.24 bits per heavy atom. The van der Waals surface area contributed by atoms with E-state index >= 15 is 0 Å². The lowest BCUT2D eigenvalue weighted by molar-refractivity contribution is 0.585. The van der Waals surface area contributed by atoms with Crippen molar-refractivity contribution >= 4 is 22.9 Å². The minimum Gasteiger partial charge on any atom is -0.327 e. The Morgan fingerprint density at radius 3 is 2.94 bits per heavy atom. The number of rotatable bonds is 4. The number of aromatic nitrogens is 1. The molecule has 2 rings (SSSR count). The van der Waals surface area contributed by atoms with Crippen LogP contribution in [0.2, 0.25) is 5.02 Å². The molecule has 0 radical (unpaired) electrons. The van der Waals surface area contributed by atoms with Crippen LogP contribution in [0.25, 0.3) is 0 Å². The molecule has 0 saturated carbocycles. The minimum absolute atomic E-state index is 0.122. The molecule has 2 N–H and O–H groups in total. The first-order chi connectivity index (χ1) is 8.16. The molecule has 1 aromatic heterocycles. The molecule has 0 aliphatic heterocycles. The molecule has 2 nitrogen and oxygen atoms in total. The van der Waals surface area contributed by atoms with Crippen molar-refractivity contribution in [1.82, 2.24) is 4.98 Å². The summed E-state index contributed by atoms with van der Waals surface area (Å²) in [5, 5.41) is 0.146. The van der Waals surface area contributed by atoms with E-state index in [2.05, 4.69) is 4.98 Å². The molecule has 0 bridgehead atoms. The van der Waals surface area contributed by atoms with Crippen molar-refractivity contribution in [3.8, 4) is 0 Å². The number of hydrogen-bond donors (Lipinski definition) is 1. The lowest BCUT2D eigenvalue weighted by Crippen LogP contribution is -2.25. The Balaban J connectivity index is 2.03. The fourth-order valence-electron chi connectivity index (χ4n) is 1.66. The maximum absolute atomic E-state index is 13.6. The van der Waals surface area contributed by atoms with Crippen LogP contribution in [0, 0.1) is 5.82 Å². The van der Waals surface area contributed by atoms with Gasteiger partial charge in [-0.2, -0.15) is 0 Å². The van der Waals surface area contributed by atoms with E-state index in [0.717, 1.165) is 4.88 Å². The van der Waals surface area contributed by atoms with E-state index in [1.807, 2.05) is 0 Å². The van der Waals surface area contributed by atoms with E-state index in [4.69, 9.17) is 17.3 Å². The molecule has 1 unspecified atom stereocenters. The van der Waals surface area contributed by atoms with Crippen molar-refractivity contribution in [2.75, 3.05) is 0 Å². The van der Waals surface area contributed by atoms with Crippen LogP contribution in [-0.4, -0.2) is 11.0 Å². The highest BCUT2D eigenvalue weighted by molar-refractivity contribution is 7.09. The maximum Gasteiger partial charge on any atom is 0.145 e. The SMILES string of the molecule is NC(Cc1cncs1)Cc1cccc(Cl)c1F. The lowest BCUT2D eigenvalue weighted by Gasteiger charge is -2.11. The molecule has 2 aromatic rings. The molecule has 5 heteroatoms. The van der Waals surface area contributed by atoms with Crippen LogP contribution >= 0.6 is 22.9 Å². The summed E-state index contributed by atoms with van der Waals surface area (Å²) in [6, 6.07) is 4.87. The summed E-state index contributed by atoms with van der Waals surface area (Å²) >= 11 is 7.27. The predicted molar refractivity (Wildman–Crippen MR) is 68.9 cm³/mol. The van der Waals surface area contributed by atoms with Gasteiger partial charge in [-0.3, -0.25) is 4.98 Å². The zero-order valence-corrected chi connectivity index (χ0v) is 10.6. The van der Waals surface area contributed by atoms with Crippen LogP contribution in [0.3, 0.4) is 0 Å². The predicted octanol–water partition coefficient (Wildman–Crippen LogP) is 3.05. The largest absolute Gasteiger partial charge is 0.327 e. The van der Waals surface area contributed by atoms with E-state index in [9.17, 15) is 4.39 Å². The maximum atomic E-state index is 13.6. The third-order valence-electron chi connectivity index (χ3n) is 2.46. The number of halogens is 2. The number of thiazole rings is 1. The van der Waals surface area contributed by atoms with Crippen LogP contribution in [0.4, 0.5) is 4.39 Å². The number of nitrogens with zero attached hydrogens (tertiary/aromatic N) is 1. The Morgan fingerprint density at radius 1 is 1.41 bits per heavy atom. The van der Waals surface area contributed by atoms with Gasteiger partial charge >= 0.3 is 0 Å². The summed E-state index contributed by atoms with van der Waals surface area (Å²) in [6.45, 7) is 0. The van der Waals surface area contributed by atoms with Crippen LogP contribution in [0.5, 0.6) is 0 Å². The summed E-state index contributed by atoms with van der Waals surface area (Å²) in [5.74, 6) is -0.367. The van der Waals surface area contributed by atoms with Crippen molar-refractivity contribution in [3.63, 3.8) is 0 Å². The highest BCUT2D eigenvalue weighted by atomic mass is 35.5. The van der Waals surface area contributed by atoms with Crippen molar-refractivity contribution in [2.24, 2.45) is 5.73 Å². The molecule has 0 amide bonds. The molecular weight excluding hydrogens is 259 g/mol. The van der Waals surface area contributed by atoms with Crippen LogP contribution in [0.15, 0.2) is 29.9 Å². The first-order valence-corrected chi connectivity index (χ1v) is 6.48. The van der Waals surface area contributed by atoms with Gasteiger partial charge < -0.3 is 5.73 Å². The van der Waals surface area contributed by atoms with Crippen molar-refractivity contribution in [2.45, 2.75) is 18.9 Å². The first kappa shape index (κ1) is 12.5. The second-order valence-corrected chi connectivity index (χ2v) is 5.23. The molecule has 0 spiro atoms. The zero-order valence-electron chi connectivity index (χ0n) is 9.07. The van der Waals surface area contributed by atoms with Crippen LogP contribution in [-0.2, 0) is 12.8 Å². The van der Waals surface area contributed by atoms with Gasteiger partial charge in [-0.25, -0.2) is 4.39 Å². The summed E-state index contributed by atoms with van der Waals surface area (Å²) < 4.78 is 13.6. The molecule has 1 atom stereocenters. The van der Waals surface area contributed by atoms with Crippen molar-refractivity contribution in [1.29, 1.82) is 0 Å². The smallest absolute Gasteiger partial charge is 0.145 e. The molecule has 1 heterocycles. The second kappa shape index (κ2) is 5.58. The van der Waals surface area contributed by atoms with E-state index < -0.39 is 0 Å². The van der Waals surface area contributed by atoms with Gasteiger partial charge in [-0.15, -0.1) is 11.3 Å². The highest BCUT2D eigenvalue weighted by Gasteiger charge is 2.11. The van der Waals surface area contributed by atoms with Gasteiger partial charge in [0.25, 0.3) is 0 Å². The van der Waals surface area contributed by atoms with Crippen molar-refractivity contribution in [3.05, 3.63) is 51.2 Å². The second-order valence-electron chi connectivity index (χ2n) is 3.85. The normalized spacial score (nSPS) is 12.6. The number of benzene rings is 1. The standard InChI is InChI=1S/C12H12ClFN2S/c13-11-3-1-2-8(12(11)14)4-9(15)5-10-6-16-7-17-10/h1-3,6-7,9H,4-5,15H2. The third-order valence-corrected chi connectivity index (χ3v) is 3.55. The molecule has 0 fully saturated rings. The van der Waals surface area contributed by atoms with Gasteiger partial charge in [0.1, 0.15) is 5.82 Å². The lowest BCUT2D eigenvalue weighted by atomic mass is 10.0. The summed E-state index contributed by atoms with van der Waals surface area (Å²) in [6.07, 6.45) is 2.97. The Kier molecular flexibility index (Phi) is 4.10. The van der Waals surface area contributed by atoms with Gasteiger partial charge in [-0.1, -0.05) is 23.7 Å².